The van der Waals surface area contributed by atoms with Gasteiger partial charge in [-0.05, 0) is 0 Å². The van der Waals surface area contributed by atoms with E-state index in [0.29, 0.717) is 6.54 Å². The first kappa shape index (κ1) is 14.4. The fourth-order valence-corrected chi connectivity index (χ4v) is 1.95. The lowest BCUT2D eigenvalue weighted by atomic mass is 10.2. The Balaban J connectivity index is 0.000000980. The largest absolute Gasteiger partial charge is 0.325 e. The molecule has 2 N–H and O–H groups in total. The maximum absolute atomic E-state index is 5.49. The van der Waals surface area contributed by atoms with E-state index >= 15 is 0 Å². The van der Waals surface area contributed by atoms with Crippen LogP contribution in [0.4, 0.5) is 0 Å². The molecule has 0 amide bonds. The van der Waals surface area contributed by atoms with Crippen LogP contribution in [0, 0.1) is 0 Å². The highest BCUT2D eigenvalue weighted by molar-refractivity contribution is 7.13. The van der Waals surface area contributed by atoms with E-state index < -0.39 is 0 Å². The zero-order chi connectivity index (χ0) is 9.10. The number of hydrogen-bond donors (Lipinski definition) is 1. The summed E-state index contributed by atoms with van der Waals surface area (Å²) in [5.74, 6) is 0. The van der Waals surface area contributed by atoms with E-state index in [1.807, 2.05) is 23.6 Å². The Morgan fingerprint density at radius 2 is 1.80 bits per heavy atom. The Bertz CT molecular complexity index is 389. The molecule has 1 heterocycles. The summed E-state index contributed by atoms with van der Waals surface area (Å²) in [5.41, 5.74) is 7.61. The van der Waals surface area contributed by atoms with Crippen LogP contribution in [-0.4, -0.2) is 4.98 Å². The third-order valence-electron chi connectivity index (χ3n) is 1.78. The maximum atomic E-state index is 5.49. The van der Waals surface area contributed by atoms with Crippen molar-refractivity contribution >= 4 is 36.2 Å². The number of aromatic nitrogens is 1. The monoisotopic (exact) mass is 262 g/mol. The number of benzene rings is 1. The molecule has 0 radical (unpaired) electrons. The Morgan fingerprint density at radius 3 is 2.33 bits per heavy atom. The second kappa shape index (κ2) is 6.80. The zero-order valence-electron chi connectivity index (χ0n) is 7.92. The van der Waals surface area contributed by atoms with Crippen molar-refractivity contribution in [3.05, 3.63) is 41.4 Å². The van der Waals surface area contributed by atoms with E-state index in [4.69, 9.17) is 5.73 Å². The topological polar surface area (TPSA) is 38.9 Å². The molecule has 82 valence electrons. The van der Waals surface area contributed by atoms with Crippen molar-refractivity contribution in [2.24, 2.45) is 5.73 Å². The van der Waals surface area contributed by atoms with Gasteiger partial charge in [0.25, 0.3) is 0 Å². The van der Waals surface area contributed by atoms with Crippen molar-refractivity contribution < 1.29 is 0 Å². The summed E-state index contributed by atoms with van der Waals surface area (Å²) in [5, 5.41) is 3.04. The number of hydrogen-bond acceptors (Lipinski definition) is 3. The molecule has 0 atom stereocenters. The predicted molar refractivity (Wildman–Crippen MR) is 69.9 cm³/mol. The first-order valence-electron chi connectivity index (χ1n) is 4.10. The zero-order valence-corrected chi connectivity index (χ0v) is 10.4. The second-order valence-electron chi connectivity index (χ2n) is 2.71. The van der Waals surface area contributed by atoms with Crippen LogP contribution in [0.5, 0.6) is 0 Å². The van der Waals surface area contributed by atoms with Crippen molar-refractivity contribution in [1.82, 2.24) is 4.98 Å². The van der Waals surface area contributed by atoms with Crippen LogP contribution >= 0.6 is 36.2 Å². The van der Waals surface area contributed by atoms with Gasteiger partial charge in [0, 0.05) is 17.5 Å². The minimum atomic E-state index is 0. The van der Waals surface area contributed by atoms with Gasteiger partial charge in [-0.3, -0.25) is 0 Å². The number of halogens is 2. The minimum Gasteiger partial charge on any atom is -0.325 e. The van der Waals surface area contributed by atoms with Crippen molar-refractivity contribution in [3.63, 3.8) is 0 Å². The van der Waals surface area contributed by atoms with Crippen molar-refractivity contribution in [3.8, 4) is 10.6 Å². The molecule has 2 rings (SSSR count). The first-order valence-corrected chi connectivity index (χ1v) is 4.98. The molecule has 0 saturated carbocycles. The lowest BCUT2D eigenvalue weighted by molar-refractivity contribution is 1.01. The normalized spacial score (nSPS) is 8.87. The second-order valence-corrected chi connectivity index (χ2v) is 3.57. The lowest BCUT2D eigenvalue weighted by Gasteiger charge is -1.93. The van der Waals surface area contributed by atoms with Gasteiger partial charge in [-0.15, -0.1) is 36.2 Å². The third-order valence-corrected chi connectivity index (χ3v) is 2.72. The third kappa shape index (κ3) is 3.47. The van der Waals surface area contributed by atoms with E-state index in [2.05, 4.69) is 17.1 Å². The summed E-state index contributed by atoms with van der Waals surface area (Å²) in [6.07, 6.45) is 0. The van der Waals surface area contributed by atoms with Gasteiger partial charge in [-0.1, -0.05) is 30.3 Å². The fourth-order valence-electron chi connectivity index (χ4n) is 1.11. The molecule has 0 unspecified atom stereocenters. The van der Waals surface area contributed by atoms with Gasteiger partial charge < -0.3 is 5.73 Å². The molecule has 1 aromatic heterocycles. The number of nitrogens with two attached hydrogens (primary N) is 1. The number of nitrogens with zero attached hydrogens (tertiary/aromatic N) is 1. The minimum absolute atomic E-state index is 0. The fraction of sp³-hybridized carbons (Fsp3) is 0.100. The van der Waals surface area contributed by atoms with Crippen LogP contribution in [-0.2, 0) is 6.54 Å². The average molecular weight is 263 g/mol. The Kier molecular flexibility index (Phi) is 6.52. The molecule has 0 fully saturated rings. The molecule has 2 aromatic rings. The number of thiazole rings is 1. The summed E-state index contributed by atoms with van der Waals surface area (Å²) >= 11 is 1.64. The smallest absolute Gasteiger partial charge is 0.123 e. The molecule has 15 heavy (non-hydrogen) atoms. The van der Waals surface area contributed by atoms with Gasteiger partial charge in [0.05, 0.1) is 5.69 Å². The molecular formula is C10H12Cl2N2S. The van der Waals surface area contributed by atoms with E-state index in [1.165, 1.54) is 0 Å². The van der Waals surface area contributed by atoms with Crippen LogP contribution < -0.4 is 5.73 Å². The highest BCUT2D eigenvalue weighted by Gasteiger charge is 2.01. The summed E-state index contributed by atoms with van der Waals surface area (Å²) in [7, 11) is 0. The van der Waals surface area contributed by atoms with Crippen LogP contribution in [0.2, 0.25) is 0 Å². The number of rotatable bonds is 2. The van der Waals surface area contributed by atoms with Gasteiger partial charge >= 0.3 is 0 Å². The molecular weight excluding hydrogens is 251 g/mol. The standard InChI is InChI=1S/C10H10N2S.2ClH/c11-6-9-7-13-10(12-9)8-4-2-1-3-5-8;;/h1-5,7H,6,11H2;2*1H. The SMILES string of the molecule is Cl.Cl.NCc1csc(-c2ccccc2)n1. The van der Waals surface area contributed by atoms with Gasteiger partial charge in [-0.2, -0.15) is 0 Å². The molecule has 0 aliphatic rings. The van der Waals surface area contributed by atoms with Crippen molar-refractivity contribution in [1.29, 1.82) is 0 Å². The molecule has 5 heteroatoms. The quantitative estimate of drug-likeness (QED) is 0.904. The van der Waals surface area contributed by atoms with Gasteiger partial charge in [-0.25, -0.2) is 4.98 Å². The average Bonchev–Trinajstić information content (AvgIpc) is 2.67. The van der Waals surface area contributed by atoms with Crippen LogP contribution in [0.3, 0.4) is 0 Å². The Morgan fingerprint density at radius 1 is 1.13 bits per heavy atom. The van der Waals surface area contributed by atoms with Crippen molar-refractivity contribution in [2.75, 3.05) is 0 Å². The summed E-state index contributed by atoms with van der Waals surface area (Å²) in [6.45, 7) is 0.517. The van der Waals surface area contributed by atoms with E-state index in [9.17, 15) is 0 Å². The molecule has 0 aliphatic carbocycles. The highest BCUT2D eigenvalue weighted by atomic mass is 35.5. The lowest BCUT2D eigenvalue weighted by Crippen LogP contribution is -1.95. The molecule has 0 spiro atoms. The molecule has 2 nitrogen and oxygen atoms in total. The Labute approximate surface area is 105 Å². The van der Waals surface area contributed by atoms with Crippen LogP contribution in [0.15, 0.2) is 35.7 Å². The highest BCUT2D eigenvalue weighted by Crippen LogP contribution is 2.22. The van der Waals surface area contributed by atoms with E-state index in [-0.39, 0.29) is 24.8 Å². The van der Waals surface area contributed by atoms with Crippen molar-refractivity contribution in [2.45, 2.75) is 6.54 Å². The maximum Gasteiger partial charge on any atom is 0.123 e. The predicted octanol–water partition coefficient (Wildman–Crippen LogP) is 3.11. The summed E-state index contributed by atoms with van der Waals surface area (Å²) in [6, 6.07) is 10.1. The molecule has 0 bridgehead atoms. The Hall–Kier alpha value is -0.610. The van der Waals surface area contributed by atoms with E-state index in [1.54, 1.807) is 11.3 Å². The summed E-state index contributed by atoms with van der Waals surface area (Å²) in [4.78, 5) is 4.39. The van der Waals surface area contributed by atoms with Gasteiger partial charge in [0.2, 0.25) is 0 Å². The summed E-state index contributed by atoms with van der Waals surface area (Å²) < 4.78 is 0. The molecule has 0 aliphatic heterocycles. The molecule has 1 aromatic carbocycles. The van der Waals surface area contributed by atoms with Crippen LogP contribution in [0.1, 0.15) is 5.69 Å². The van der Waals surface area contributed by atoms with E-state index in [0.717, 1.165) is 16.3 Å². The molecule has 0 saturated heterocycles. The van der Waals surface area contributed by atoms with Crippen LogP contribution in [0.25, 0.3) is 10.6 Å². The first-order chi connectivity index (χ1) is 6.40. The van der Waals surface area contributed by atoms with Gasteiger partial charge in [0.15, 0.2) is 0 Å². The van der Waals surface area contributed by atoms with Gasteiger partial charge in [0.1, 0.15) is 5.01 Å².